The highest BCUT2D eigenvalue weighted by Crippen LogP contribution is 2.24. The number of para-hydroxylation sites is 1. The maximum absolute atomic E-state index is 11.2. The van der Waals surface area contributed by atoms with Crippen molar-refractivity contribution in [2.45, 2.75) is 20.0 Å². The van der Waals surface area contributed by atoms with Crippen LogP contribution in [0, 0.1) is 0 Å². The molecule has 1 fully saturated rings. The van der Waals surface area contributed by atoms with Gasteiger partial charge in [-0.3, -0.25) is 9.69 Å². The lowest BCUT2D eigenvalue weighted by Gasteiger charge is -2.36. The van der Waals surface area contributed by atoms with Gasteiger partial charge in [0.25, 0.3) is 0 Å². The second kappa shape index (κ2) is 10.8. The number of hydrogen-bond donors (Lipinski definition) is 1. The molecule has 1 heterocycles. The average molecular weight is 398 g/mol. The number of nitrogens with one attached hydrogen (secondary N) is 1. The summed E-state index contributed by atoms with van der Waals surface area (Å²) < 4.78 is 11.3. The summed E-state index contributed by atoms with van der Waals surface area (Å²) in [6, 6.07) is 16.3. The Balaban J connectivity index is 1.35. The van der Waals surface area contributed by atoms with Crippen LogP contribution in [0.1, 0.15) is 18.9 Å². The van der Waals surface area contributed by atoms with Crippen LogP contribution in [-0.2, 0) is 16.1 Å². The topological polar surface area (TPSA) is 54.0 Å². The maximum atomic E-state index is 11.2. The molecular formula is C23H31N3O3. The van der Waals surface area contributed by atoms with Gasteiger partial charge >= 0.3 is 0 Å². The van der Waals surface area contributed by atoms with Crippen LogP contribution in [0.4, 0.5) is 11.4 Å². The molecule has 0 spiro atoms. The van der Waals surface area contributed by atoms with Crippen LogP contribution >= 0.6 is 0 Å². The van der Waals surface area contributed by atoms with E-state index in [4.69, 9.17) is 9.47 Å². The van der Waals surface area contributed by atoms with E-state index in [0.29, 0.717) is 6.61 Å². The Morgan fingerprint density at radius 2 is 1.83 bits per heavy atom. The summed E-state index contributed by atoms with van der Waals surface area (Å²) in [5.74, 6) is 0.633. The Labute approximate surface area is 173 Å². The molecule has 0 saturated carbocycles. The fraction of sp³-hybridized carbons (Fsp3) is 0.435. The van der Waals surface area contributed by atoms with E-state index in [1.807, 2.05) is 18.2 Å². The zero-order valence-electron chi connectivity index (χ0n) is 17.4. The summed E-state index contributed by atoms with van der Waals surface area (Å²) in [5, 5.41) is 2.76. The highest BCUT2D eigenvalue weighted by Gasteiger charge is 2.16. The number of rotatable bonds is 9. The highest BCUT2D eigenvalue weighted by molar-refractivity contribution is 5.88. The quantitative estimate of drug-likeness (QED) is 0.658. The molecule has 1 amide bonds. The number of methoxy groups -OCH3 is 1. The maximum Gasteiger partial charge on any atom is 0.221 e. The summed E-state index contributed by atoms with van der Waals surface area (Å²) in [5.41, 5.74) is 3.03. The molecule has 0 aliphatic carbocycles. The molecule has 156 valence electrons. The number of carbonyl (C=O) groups is 1. The van der Waals surface area contributed by atoms with Gasteiger partial charge in [0.15, 0.2) is 0 Å². The predicted octanol–water partition coefficient (Wildman–Crippen LogP) is 3.38. The Kier molecular flexibility index (Phi) is 7.90. The van der Waals surface area contributed by atoms with Crippen molar-refractivity contribution in [3.8, 4) is 5.75 Å². The van der Waals surface area contributed by atoms with Gasteiger partial charge in [0.1, 0.15) is 5.75 Å². The third-order valence-corrected chi connectivity index (χ3v) is 5.12. The van der Waals surface area contributed by atoms with E-state index in [1.165, 1.54) is 12.6 Å². The van der Waals surface area contributed by atoms with E-state index in [9.17, 15) is 4.79 Å². The molecule has 0 atom stereocenters. The lowest BCUT2D eigenvalue weighted by molar-refractivity contribution is -0.114. The van der Waals surface area contributed by atoms with Crippen LogP contribution in [0.25, 0.3) is 0 Å². The second-order valence-electron chi connectivity index (χ2n) is 7.28. The first-order valence-corrected chi connectivity index (χ1v) is 10.2. The number of ether oxygens (including phenoxy) is 2. The first-order valence-electron chi connectivity index (χ1n) is 10.2. The zero-order chi connectivity index (χ0) is 20.5. The SMILES string of the molecule is COc1cc(NC(C)=O)ccc1COCCCN1CCN(c2ccccc2)CC1. The molecule has 1 saturated heterocycles. The fourth-order valence-electron chi connectivity index (χ4n) is 3.59. The zero-order valence-corrected chi connectivity index (χ0v) is 17.4. The van der Waals surface area contributed by atoms with Crippen molar-refractivity contribution in [2.24, 2.45) is 0 Å². The van der Waals surface area contributed by atoms with Gasteiger partial charge in [-0.15, -0.1) is 0 Å². The van der Waals surface area contributed by atoms with Gasteiger partial charge in [0.2, 0.25) is 5.91 Å². The predicted molar refractivity (Wildman–Crippen MR) is 117 cm³/mol. The smallest absolute Gasteiger partial charge is 0.221 e. The molecule has 3 rings (SSSR count). The summed E-state index contributed by atoms with van der Waals surface area (Å²) in [7, 11) is 1.63. The Morgan fingerprint density at radius 3 is 2.52 bits per heavy atom. The van der Waals surface area contributed by atoms with Gasteiger partial charge < -0.3 is 19.7 Å². The van der Waals surface area contributed by atoms with Gasteiger partial charge in [-0.25, -0.2) is 0 Å². The number of hydrogen-bond acceptors (Lipinski definition) is 5. The Hall–Kier alpha value is -2.57. The van der Waals surface area contributed by atoms with Crippen LogP contribution < -0.4 is 15.0 Å². The van der Waals surface area contributed by atoms with Gasteiger partial charge in [0, 0.05) is 69.3 Å². The normalized spacial score (nSPS) is 14.6. The van der Waals surface area contributed by atoms with Gasteiger partial charge in [-0.05, 0) is 24.6 Å². The van der Waals surface area contributed by atoms with E-state index in [2.05, 4.69) is 45.4 Å². The third kappa shape index (κ3) is 6.48. The largest absolute Gasteiger partial charge is 0.496 e. The van der Waals surface area contributed by atoms with E-state index in [-0.39, 0.29) is 5.91 Å². The van der Waals surface area contributed by atoms with E-state index < -0.39 is 0 Å². The monoisotopic (exact) mass is 397 g/mol. The van der Waals surface area contributed by atoms with Gasteiger partial charge in [-0.2, -0.15) is 0 Å². The molecule has 1 N–H and O–H groups in total. The van der Waals surface area contributed by atoms with Gasteiger partial charge in [0.05, 0.1) is 13.7 Å². The van der Waals surface area contributed by atoms with E-state index in [0.717, 1.165) is 62.8 Å². The van der Waals surface area contributed by atoms with Crippen molar-refractivity contribution in [2.75, 3.05) is 56.7 Å². The van der Waals surface area contributed by atoms with Crippen molar-refractivity contribution in [1.29, 1.82) is 0 Å². The van der Waals surface area contributed by atoms with E-state index >= 15 is 0 Å². The molecular weight excluding hydrogens is 366 g/mol. The molecule has 6 heteroatoms. The molecule has 0 bridgehead atoms. The summed E-state index contributed by atoms with van der Waals surface area (Å²) in [6.45, 7) is 8.10. The molecule has 2 aromatic rings. The lowest BCUT2D eigenvalue weighted by atomic mass is 10.2. The summed E-state index contributed by atoms with van der Waals surface area (Å²) in [6.07, 6.45) is 1.01. The number of piperazine rings is 1. The number of benzene rings is 2. The number of anilines is 2. The molecule has 0 aromatic heterocycles. The van der Waals surface area contributed by atoms with Crippen molar-refractivity contribution < 1.29 is 14.3 Å². The molecule has 0 radical (unpaired) electrons. The standard InChI is InChI=1S/C23H31N3O3/c1-19(27)24-21-10-9-20(23(17-21)28-2)18-29-16-6-11-25-12-14-26(15-13-25)22-7-4-3-5-8-22/h3-5,7-10,17H,6,11-16,18H2,1-2H3,(H,24,27). The summed E-state index contributed by atoms with van der Waals surface area (Å²) >= 11 is 0. The van der Waals surface area contributed by atoms with Crippen LogP contribution in [0.15, 0.2) is 48.5 Å². The molecule has 0 unspecified atom stereocenters. The Bertz CT molecular complexity index is 774. The van der Waals surface area contributed by atoms with Crippen LogP contribution in [-0.4, -0.2) is 57.2 Å². The minimum atomic E-state index is -0.0966. The van der Waals surface area contributed by atoms with Crippen molar-refractivity contribution in [3.63, 3.8) is 0 Å². The molecule has 29 heavy (non-hydrogen) atoms. The first-order chi connectivity index (χ1) is 14.2. The Morgan fingerprint density at radius 1 is 1.07 bits per heavy atom. The minimum Gasteiger partial charge on any atom is -0.496 e. The second-order valence-corrected chi connectivity index (χ2v) is 7.28. The minimum absolute atomic E-state index is 0.0966. The van der Waals surface area contributed by atoms with Crippen molar-refractivity contribution >= 4 is 17.3 Å². The molecule has 6 nitrogen and oxygen atoms in total. The number of nitrogens with zero attached hydrogens (tertiary/aromatic N) is 2. The third-order valence-electron chi connectivity index (χ3n) is 5.12. The van der Waals surface area contributed by atoms with Crippen LogP contribution in [0.3, 0.4) is 0 Å². The molecule has 1 aliphatic rings. The van der Waals surface area contributed by atoms with Crippen molar-refractivity contribution in [3.05, 3.63) is 54.1 Å². The average Bonchev–Trinajstić information content (AvgIpc) is 2.75. The molecule has 2 aromatic carbocycles. The van der Waals surface area contributed by atoms with Crippen LogP contribution in [0.5, 0.6) is 5.75 Å². The first kappa shape index (κ1) is 21.1. The van der Waals surface area contributed by atoms with Crippen LogP contribution in [0.2, 0.25) is 0 Å². The molecule has 1 aliphatic heterocycles. The highest BCUT2D eigenvalue weighted by atomic mass is 16.5. The number of amides is 1. The fourth-order valence-corrected chi connectivity index (χ4v) is 3.59. The van der Waals surface area contributed by atoms with Crippen molar-refractivity contribution in [1.82, 2.24) is 4.90 Å². The van der Waals surface area contributed by atoms with E-state index in [1.54, 1.807) is 7.11 Å². The lowest BCUT2D eigenvalue weighted by Crippen LogP contribution is -2.46. The number of carbonyl (C=O) groups excluding carboxylic acids is 1. The summed E-state index contributed by atoms with van der Waals surface area (Å²) in [4.78, 5) is 16.1. The van der Waals surface area contributed by atoms with Gasteiger partial charge in [-0.1, -0.05) is 24.3 Å².